The van der Waals surface area contributed by atoms with Crippen LogP contribution in [0.3, 0.4) is 0 Å². The fourth-order valence-corrected chi connectivity index (χ4v) is 0.443. The van der Waals surface area contributed by atoms with E-state index in [9.17, 15) is 0 Å². The molecule has 0 aromatic heterocycles. The van der Waals surface area contributed by atoms with E-state index in [0.717, 1.165) is 0 Å². The van der Waals surface area contributed by atoms with Crippen molar-refractivity contribution in [2.24, 2.45) is 0 Å². The minimum absolute atomic E-state index is 1.18. The summed E-state index contributed by atoms with van der Waals surface area (Å²) in [7, 11) is 1.65. The second-order valence-electron chi connectivity index (χ2n) is 1.69. The van der Waals surface area contributed by atoms with Crippen LogP contribution in [-0.2, 0) is 0 Å². The molecule has 1 aromatic rings. The van der Waals surface area contributed by atoms with Crippen LogP contribution in [0.15, 0.2) is 36.4 Å². The zero-order valence-electron chi connectivity index (χ0n) is 6.44. The van der Waals surface area contributed by atoms with Crippen molar-refractivity contribution in [2.45, 2.75) is 0 Å². The van der Waals surface area contributed by atoms with E-state index in [4.69, 9.17) is 5.53 Å². The first kappa shape index (κ1) is 9.40. The van der Waals surface area contributed by atoms with Gasteiger partial charge in [-0.2, -0.15) is 0 Å². The Morgan fingerprint density at radius 2 is 1.45 bits per heavy atom. The number of nitrogens with zero attached hydrogens (tertiary/aromatic N) is 2. The van der Waals surface area contributed by atoms with E-state index >= 15 is 0 Å². The predicted octanol–water partition coefficient (Wildman–Crippen LogP) is 1.15. The minimum Gasteiger partial charge on any atom is -0.498 e. The molecule has 0 bridgehead atoms. The zero-order valence-corrected chi connectivity index (χ0v) is 6.44. The van der Waals surface area contributed by atoms with Crippen LogP contribution in [0.2, 0.25) is 0 Å². The molecule has 0 atom stereocenters. The monoisotopic (exact) mass is 149 g/mol. The van der Waals surface area contributed by atoms with Crippen molar-refractivity contribution in [3.8, 4) is 0 Å². The standard InChI is InChI=1S/C6H6.C2H5N3/c1-2-4-6-5-3-1;1-4-2-5-3/h1-6H;2,4H,1H3. The molecule has 0 fully saturated rings. The van der Waals surface area contributed by atoms with Crippen LogP contribution < -0.4 is 5.32 Å². The molecular weight excluding hydrogens is 138 g/mol. The molecule has 0 amide bonds. The van der Waals surface area contributed by atoms with Gasteiger partial charge in [0.2, 0.25) is 0 Å². The molecular formula is C8H11N3. The van der Waals surface area contributed by atoms with Crippen molar-refractivity contribution in [1.82, 2.24) is 5.32 Å². The Morgan fingerprint density at radius 1 is 1.09 bits per heavy atom. The summed E-state index contributed by atoms with van der Waals surface area (Å²) in [5.74, 6) is 0. The lowest BCUT2D eigenvalue weighted by molar-refractivity contribution is -0.000498. The fraction of sp³-hybridized carbons (Fsp3) is 0.125. The van der Waals surface area contributed by atoms with Crippen LogP contribution in [0.25, 0.3) is 5.53 Å². The minimum atomic E-state index is 1.18. The Kier molecular flexibility index (Phi) is 7.18. The van der Waals surface area contributed by atoms with Gasteiger partial charge in [-0.3, -0.25) is 5.32 Å². The molecule has 0 saturated heterocycles. The van der Waals surface area contributed by atoms with Gasteiger partial charge < -0.3 is 10.3 Å². The summed E-state index contributed by atoms with van der Waals surface area (Å²) in [5.41, 5.74) is 7.57. The second kappa shape index (κ2) is 8.40. The molecule has 1 aromatic carbocycles. The lowest BCUT2D eigenvalue weighted by atomic mass is 10.4. The van der Waals surface area contributed by atoms with Gasteiger partial charge in [0.1, 0.15) is 0 Å². The van der Waals surface area contributed by atoms with Crippen LogP contribution >= 0.6 is 0 Å². The molecule has 0 aliphatic rings. The lowest BCUT2D eigenvalue weighted by Gasteiger charge is -1.69. The highest BCUT2D eigenvalue weighted by Crippen LogP contribution is 1.79. The maximum atomic E-state index is 7.57. The summed E-state index contributed by atoms with van der Waals surface area (Å²) < 4.78 is 0. The van der Waals surface area contributed by atoms with Gasteiger partial charge in [0.05, 0.1) is 7.05 Å². The summed E-state index contributed by atoms with van der Waals surface area (Å²) in [6.45, 7) is 0. The zero-order chi connectivity index (χ0) is 8.36. The fourth-order valence-electron chi connectivity index (χ4n) is 0.443. The van der Waals surface area contributed by atoms with Gasteiger partial charge in [0.25, 0.3) is 0 Å². The van der Waals surface area contributed by atoms with Crippen LogP contribution in [0, 0.1) is 0 Å². The highest BCUT2D eigenvalue weighted by Gasteiger charge is 1.57. The van der Waals surface area contributed by atoms with E-state index in [1.165, 1.54) is 6.34 Å². The SMILES string of the molecule is CNC=[N+]=[N-].c1ccccc1. The second-order valence-corrected chi connectivity index (χ2v) is 1.69. The number of nitrogens with one attached hydrogen (secondary N) is 1. The topological polar surface area (TPSA) is 48.4 Å². The number of benzene rings is 1. The first-order valence-corrected chi connectivity index (χ1v) is 3.25. The number of rotatable bonds is 1. The average Bonchev–Trinajstić information content (AvgIpc) is 2.10. The van der Waals surface area contributed by atoms with E-state index in [1.54, 1.807) is 7.05 Å². The van der Waals surface area contributed by atoms with Gasteiger partial charge in [0, 0.05) is 0 Å². The van der Waals surface area contributed by atoms with Crippen LogP contribution in [0.5, 0.6) is 0 Å². The summed E-state index contributed by atoms with van der Waals surface area (Å²) >= 11 is 0. The van der Waals surface area contributed by atoms with E-state index in [0.29, 0.717) is 0 Å². The average molecular weight is 149 g/mol. The first-order valence-electron chi connectivity index (χ1n) is 3.25. The molecule has 1 rings (SSSR count). The van der Waals surface area contributed by atoms with Crippen LogP contribution in [0.4, 0.5) is 0 Å². The Balaban J connectivity index is 0.000000187. The van der Waals surface area contributed by atoms with Crippen molar-refractivity contribution in [3.63, 3.8) is 0 Å². The number of hydrogen-bond acceptors (Lipinski definition) is 0. The van der Waals surface area contributed by atoms with Gasteiger partial charge in [-0.25, -0.2) is 0 Å². The summed E-state index contributed by atoms with van der Waals surface area (Å²) in [4.78, 5) is 2.62. The van der Waals surface area contributed by atoms with Gasteiger partial charge in [-0.15, -0.1) is 0 Å². The van der Waals surface area contributed by atoms with Crippen LogP contribution in [0.1, 0.15) is 0 Å². The molecule has 1 N–H and O–H groups in total. The Morgan fingerprint density at radius 3 is 1.55 bits per heavy atom. The molecule has 0 aliphatic carbocycles. The normalized spacial score (nSPS) is 6.64. The van der Waals surface area contributed by atoms with E-state index in [2.05, 4.69) is 10.1 Å². The number of hydrogen-bond donors (Lipinski definition) is 1. The summed E-state index contributed by atoms with van der Waals surface area (Å²) in [6, 6.07) is 12.0. The largest absolute Gasteiger partial charge is 0.498 e. The molecule has 3 nitrogen and oxygen atoms in total. The maximum Gasteiger partial charge on any atom is 0.314 e. The van der Waals surface area contributed by atoms with Gasteiger partial charge in [0.15, 0.2) is 0 Å². The predicted molar refractivity (Wildman–Crippen MR) is 45.2 cm³/mol. The molecule has 3 heteroatoms. The van der Waals surface area contributed by atoms with Crippen LogP contribution in [-0.4, -0.2) is 18.2 Å². The van der Waals surface area contributed by atoms with E-state index < -0.39 is 0 Å². The third-order valence-electron chi connectivity index (χ3n) is 0.854. The Hall–Kier alpha value is -1.60. The summed E-state index contributed by atoms with van der Waals surface area (Å²) in [5, 5.41) is 2.48. The van der Waals surface area contributed by atoms with E-state index in [1.807, 2.05) is 36.4 Å². The van der Waals surface area contributed by atoms with Crippen molar-refractivity contribution >= 4 is 6.34 Å². The quantitative estimate of drug-likeness (QED) is 0.277. The molecule has 0 aliphatic heterocycles. The molecule has 58 valence electrons. The highest BCUT2D eigenvalue weighted by atomic mass is 14.9. The third kappa shape index (κ3) is 8.40. The maximum absolute atomic E-state index is 7.57. The third-order valence-corrected chi connectivity index (χ3v) is 0.854. The van der Waals surface area contributed by atoms with Gasteiger partial charge in [-0.1, -0.05) is 36.4 Å². The Bertz CT molecular complexity index is 175. The molecule has 0 spiro atoms. The molecule has 0 heterocycles. The summed E-state index contributed by atoms with van der Waals surface area (Å²) in [6.07, 6.45) is 1.18. The molecule has 0 unspecified atom stereocenters. The molecule has 11 heavy (non-hydrogen) atoms. The van der Waals surface area contributed by atoms with Crippen molar-refractivity contribution < 1.29 is 4.79 Å². The first-order chi connectivity index (χ1) is 5.41. The lowest BCUT2D eigenvalue weighted by Crippen LogP contribution is -2.00. The highest BCUT2D eigenvalue weighted by molar-refractivity contribution is 5.45. The van der Waals surface area contributed by atoms with Gasteiger partial charge in [-0.05, 0) is 0 Å². The smallest absolute Gasteiger partial charge is 0.314 e. The molecule has 0 saturated carbocycles. The molecule has 0 radical (unpaired) electrons. The van der Waals surface area contributed by atoms with Crippen molar-refractivity contribution in [1.29, 1.82) is 0 Å². The van der Waals surface area contributed by atoms with Gasteiger partial charge >= 0.3 is 6.34 Å². The van der Waals surface area contributed by atoms with E-state index in [-0.39, 0.29) is 0 Å². The Labute approximate surface area is 66.3 Å². The van der Waals surface area contributed by atoms with Crippen molar-refractivity contribution in [2.75, 3.05) is 7.05 Å². The van der Waals surface area contributed by atoms with Crippen molar-refractivity contribution in [3.05, 3.63) is 41.9 Å².